The number of para-hydroxylation sites is 1. The van der Waals surface area contributed by atoms with E-state index in [4.69, 9.17) is 4.74 Å². The summed E-state index contributed by atoms with van der Waals surface area (Å²) in [4.78, 5) is 12.7. The summed E-state index contributed by atoms with van der Waals surface area (Å²) in [5.41, 5.74) is 2.70. The van der Waals surface area contributed by atoms with Gasteiger partial charge in [0.2, 0.25) is 0 Å². The fourth-order valence-electron chi connectivity index (χ4n) is 2.25. The first-order chi connectivity index (χ1) is 11.2. The van der Waals surface area contributed by atoms with Gasteiger partial charge in [-0.05, 0) is 47.2 Å². The molecule has 0 atom stereocenters. The Morgan fingerprint density at radius 3 is 2.78 bits per heavy atom. The van der Waals surface area contributed by atoms with Crippen LogP contribution in [-0.4, -0.2) is 33.2 Å². The molecule has 3 rings (SSSR count). The molecule has 3 aromatic rings. The molecule has 23 heavy (non-hydrogen) atoms. The number of hydrogen-bond acceptors (Lipinski definition) is 5. The maximum Gasteiger partial charge on any atom is 0.257 e. The number of nitrogens with zero attached hydrogens (tertiary/aromatic N) is 4. The Morgan fingerprint density at radius 1 is 1.22 bits per heavy atom. The molecule has 0 saturated heterocycles. The van der Waals surface area contributed by atoms with E-state index in [1.807, 2.05) is 31.2 Å². The molecule has 0 aliphatic heterocycles. The van der Waals surface area contributed by atoms with Gasteiger partial charge in [-0.1, -0.05) is 18.2 Å². The van der Waals surface area contributed by atoms with Crippen molar-refractivity contribution in [2.75, 3.05) is 12.4 Å². The van der Waals surface area contributed by atoms with Crippen LogP contribution in [0.15, 0.2) is 48.8 Å². The van der Waals surface area contributed by atoms with E-state index in [1.54, 1.807) is 25.3 Å². The van der Waals surface area contributed by atoms with Gasteiger partial charge in [0, 0.05) is 0 Å². The van der Waals surface area contributed by atoms with Crippen molar-refractivity contribution in [2.24, 2.45) is 0 Å². The second-order valence-corrected chi connectivity index (χ2v) is 4.93. The molecule has 0 aliphatic rings. The molecule has 0 radical (unpaired) electrons. The highest BCUT2D eigenvalue weighted by atomic mass is 16.5. The third-order valence-corrected chi connectivity index (χ3v) is 3.35. The average Bonchev–Trinajstić information content (AvgIpc) is 3.09. The highest BCUT2D eigenvalue weighted by Gasteiger charge is 2.15. The zero-order valence-corrected chi connectivity index (χ0v) is 12.7. The number of carbonyl (C=O) groups is 1. The van der Waals surface area contributed by atoms with Crippen LogP contribution in [0.1, 0.15) is 15.9 Å². The molecule has 7 heteroatoms. The number of ether oxygens (including phenoxy) is 1. The van der Waals surface area contributed by atoms with Crippen LogP contribution in [-0.2, 0) is 0 Å². The molecule has 0 aliphatic carbocycles. The largest absolute Gasteiger partial charge is 0.495 e. The molecular weight excluding hydrogens is 294 g/mol. The summed E-state index contributed by atoms with van der Waals surface area (Å²) in [5.74, 6) is 0.337. The quantitative estimate of drug-likeness (QED) is 0.799. The van der Waals surface area contributed by atoms with Crippen LogP contribution >= 0.6 is 0 Å². The minimum atomic E-state index is -0.264. The van der Waals surface area contributed by atoms with Gasteiger partial charge < -0.3 is 10.1 Å². The van der Waals surface area contributed by atoms with Gasteiger partial charge in [0.15, 0.2) is 0 Å². The number of methoxy groups -OCH3 is 1. The average molecular weight is 309 g/mol. The van der Waals surface area contributed by atoms with Gasteiger partial charge in [-0.3, -0.25) is 4.79 Å². The molecular formula is C16H15N5O2. The van der Waals surface area contributed by atoms with Gasteiger partial charge in [-0.2, -0.15) is 4.68 Å². The smallest absolute Gasteiger partial charge is 0.257 e. The van der Waals surface area contributed by atoms with Crippen molar-refractivity contribution < 1.29 is 9.53 Å². The van der Waals surface area contributed by atoms with E-state index in [9.17, 15) is 4.79 Å². The molecule has 7 nitrogen and oxygen atoms in total. The highest BCUT2D eigenvalue weighted by Crippen LogP contribution is 2.26. The van der Waals surface area contributed by atoms with Crippen molar-refractivity contribution in [3.8, 4) is 11.4 Å². The summed E-state index contributed by atoms with van der Waals surface area (Å²) in [6.45, 7) is 1.95. The summed E-state index contributed by atoms with van der Waals surface area (Å²) < 4.78 is 6.73. The molecule has 2 aromatic carbocycles. The first-order valence-corrected chi connectivity index (χ1v) is 6.97. The molecule has 1 aromatic heterocycles. The minimum Gasteiger partial charge on any atom is -0.495 e. The Morgan fingerprint density at radius 2 is 2.04 bits per heavy atom. The summed E-state index contributed by atoms with van der Waals surface area (Å²) in [6.07, 6.45) is 1.44. The van der Waals surface area contributed by atoms with Gasteiger partial charge in [0.05, 0.1) is 24.0 Å². The lowest BCUT2D eigenvalue weighted by Crippen LogP contribution is -2.16. The monoisotopic (exact) mass is 309 g/mol. The number of aryl methyl sites for hydroxylation is 1. The normalized spacial score (nSPS) is 10.3. The molecule has 0 unspecified atom stereocenters. The third kappa shape index (κ3) is 3.03. The van der Waals surface area contributed by atoms with Crippen molar-refractivity contribution in [3.05, 3.63) is 59.9 Å². The number of hydrogen-bond donors (Lipinski definition) is 1. The van der Waals surface area contributed by atoms with Crippen LogP contribution in [0.4, 0.5) is 5.69 Å². The zero-order valence-electron chi connectivity index (χ0n) is 12.7. The minimum absolute atomic E-state index is 0.264. The van der Waals surface area contributed by atoms with Crippen molar-refractivity contribution >= 4 is 11.6 Å². The first kappa shape index (κ1) is 14.7. The van der Waals surface area contributed by atoms with E-state index in [0.29, 0.717) is 22.7 Å². The lowest BCUT2D eigenvalue weighted by atomic mass is 10.1. The van der Waals surface area contributed by atoms with Gasteiger partial charge in [0.1, 0.15) is 12.1 Å². The van der Waals surface area contributed by atoms with E-state index in [-0.39, 0.29) is 5.91 Å². The molecule has 0 bridgehead atoms. The van der Waals surface area contributed by atoms with Crippen molar-refractivity contribution in [1.82, 2.24) is 20.2 Å². The van der Waals surface area contributed by atoms with Gasteiger partial charge >= 0.3 is 0 Å². The summed E-state index contributed by atoms with van der Waals surface area (Å²) in [6, 6.07) is 12.7. The van der Waals surface area contributed by atoms with Gasteiger partial charge in [-0.25, -0.2) is 0 Å². The van der Waals surface area contributed by atoms with Crippen LogP contribution < -0.4 is 10.1 Å². The summed E-state index contributed by atoms with van der Waals surface area (Å²) >= 11 is 0. The Hall–Kier alpha value is -3.22. The molecule has 0 saturated carbocycles. The molecule has 116 valence electrons. The first-order valence-electron chi connectivity index (χ1n) is 6.97. The van der Waals surface area contributed by atoms with E-state index in [2.05, 4.69) is 20.8 Å². The van der Waals surface area contributed by atoms with Crippen molar-refractivity contribution in [2.45, 2.75) is 6.92 Å². The van der Waals surface area contributed by atoms with Crippen molar-refractivity contribution in [3.63, 3.8) is 0 Å². The van der Waals surface area contributed by atoms with Crippen LogP contribution in [0.2, 0.25) is 0 Å². The molecule has 1 heterocycles. The predicted octanol–water partition coefficient (Wildman–Crippen LogP) is 2.23. The van der Waals surface area contributed by atoms with Gasteiger partial charge in [-0.15, -0.1) is 5.10 Å². The number of anilines is 1. The van der Waals surface area contributed by atoms with Crippen LogP contribution in [0.5, 0.6) is 5.75 Å². The van der Waals surface area contributed by atoms with E-state index in [1.165, 1.54) is 11.0 Å². The van der Waals surface area contributed by atoms with Gasteiger partial charge in [0.25, 0.3) is 5.91 Å². The van der Waals surface area contributed by atoms with E-state index >= 15 is 0 Å². The molecule has 1 N–H and O–H groups in total. The highest BCUT2D eigenvalue weighted by molar-refractivity contribution is 6.07. The predicted molar refractivity (Wildman–Crippen MR) is 84.8 cm³/mol. The third-order valence-electron chi connectivity index (χ3n) is 3.35. The fraction of sp³-hybridized carbons (Fsp3) is 0.125. The maximum absolute atomic E-state index is 12.7. The number of tetrazole rings is 1. The van der Waals surface area contributed by atoms with Crippen LogP contribution in [0, 0.1) is 6.92 Å². The summed E-state index contributed by atoms with van der Waals surface area (Å²) in [5, 5.41) is 13.9. The number of rotatable bonds is 4. The Labute approximate surface area is 132 Å². The number of carbonyl (C=O) groups excluding carboxylic acids is 1. The Bertz CT molecular complexity index is 830. The lowest BCUT2D eigenvalue weighted by Gasteiger charge is -2.12. The SMILES string of the molecule is COc1ccc(C)cc1NC(=O)c1ccccc1-n1cnnn1. The van der Waals surface area contributed by atoms with Crippen molar-refractivity contribution in [1.29, 1.82) is 0 Å². The fourth-order valence-corrected chi connectivity index (χ4v) is 2.25. The summed E-state index contributed by atoms with van der Waals surface area (Å²) in [7, 11) is 1.56. The number of aromatic nitrogens is 4. The standard InChI is InChI=1S/C16H15N5O2/c1-11-7-8-15(23-2)13(9-11)18-16(22)12-5-3-4-6-14(12)21-10-17-19-20-21/h3-10H,1-2H3,(H,18,22). The van der Waals surface area contributed by atoms with E-state index in [0.717, 1.165) is 5.56 Å². The van der Waals surface area contributed by atoms with Crippen LogP contribution in [0.25, 0.3) is 5.69 Å². The molecule has 0 fully saturated rings. The zero-order chi connectivity index (χ0) is 16.2. The lowest BCUT2D eigenvalue weighted by molar-refractivity contribution is 0.102. The van der Waals surface area contributed by atoms with Crippen LogP contribution in [0.3, 0.4) is 0 Å². The molecule has 1 amide bonds. The maximum atomic E-state index is 12.7. The number of amides is 1. The topological polar surface area (TPSA) is 81.9 Å². The second kappa shape index (κ2) is 6.27. The number of benzene rings is 2. The molecule has 0 spiro atoms. The number of nitrogens with one attached hydrogen (secondary N) is 1. The Balaban J connectivity index is 1.95. The van der Waals surface area contributed by atoms with E-state index < -0.39 is 0 Å². The second-order valence-electron chi connectivity index (χ2n) is 4.93. The Kier molecular flexibility index (Phi) is 4.01.